The van der Waals surface area contributed by atoms with Crippen molar-refractivity contribution in [3.8, 4) is 0 Å². The average Bonchev–Trinajstić information content (AvgIpc) is 2.35. The van der Waals surface area contributed by atoms with Crippen LogP contribution in [-0.4, -0.2) is 31.5 Å². The van der Waals surface area contributed by atoms with Gasteiger partial charge in [-0.2, -0.15) is 13.2 Å². The molecule has 0 saturated carbocycles. The zero-order valence-electron chi connectivity index (χ0n) is 10.9. The van der Waals surface area contributed by atoms with Crippen LogP contribution in [0.15, 0.2) is 24.3 Å². The van der Waals surface area contributed by atoms with E-state index in [4.69, 9.17) is 4.74 Å². The molecule has 0 saturated heterocycles. The summed E-state index contributed by atoms with van der Waals surface area (Å²) < 4.78 is 42.0. The van der Waals surface area contributed by atoms with Crippen molar-refractivity contribution in [2.45, 2.75) is 25.2 Å². The molecule has 1 aromatic carbocycles. The van der Waals surface area contributed by atoms with Crippen LogP contribution in [0, 0.1) is 0 Å². The maximum Gasteiger partial charge on any atom is 0.416 e. The molecule has 0 aliphatic rings. The first-order valence-electron chi connectivity index (χ1n) is 5.92. The van der Waals surface area contributed by atoms with Crippen molar-refractivity contribution in [3.63, 3.8) is 0 Å². The molecule has 0 fully saturated rings. The van der Waals surface area contributed by atoms with Crippen molar-refractivity contribution in [3.05, 3.63) is 35.4 Å². The van der Waals surface area contributed by atoms with Gasteiger partial charge in [0, 0.05) is 19.7 Å². The third kappa shape index (κ3) is 5.18. The van der Waals surface area contributed by atoms with E-state index in [0.29, 0.717) is 6.54 Å². The summed E-state index contributed by atoms with van der Waals surface area (Å²) >= 11 is 0. The minimum Gasteiger partial charge on any atom is -0.389 e. The maximum atomic E-state index is 12.4. The monoisotopic (exact) mass is 277 g/mol. The third-order valence-electron chi connectivity index (χ3n) is 2.76. The van der Waals surface area contributed by atoms with E-state index in [0.717, 1.165) is 17.7 Å². The van der Waals surface area contributed by atoms with Gasteiger partial charge in [0.1, 0.15) is 0 Å². The molecule has 2 N–H and O–H groups in total. The lowest BCUT2D eigenvalue weighted by molar-refractivity contribution is -0.137. The zero-order chi connectivity index (χ0) is 14.5. The molecule has 6 heteroatoms. The molecule has 108 valence electrons. The van der Waals surface area contributed by atoms with Gasteiger partial charge in [-0.1, -0.05) is 12.1 Å². The Kier molecular flexibility index (Phi) is 5.78. The van der Waals surface area contributed by atoms with Gasteiger partial charge in [0.15, 0.2) is 0 Å². The maximum absolute atomic E-state index is 12.4. The molecule has 0 amide bonds. The van der Waals surface area contributed by atoms with Crippen molar-refractivity contribution >= 4 is 0 Å². The molecule has 3 nitrogen and oxygen atoms in total. The van der Waals surface area contributed by atoms with Crippen LogP contribution in [0.5, 0.6) is 0 Å². The Morgan fingerprint density at radius 2 is 1.84 bits per heavy atom. The number of rotatable bonds is 6. The Morgan fingerprint density at radius 1 is 1.26 bits per heavy atom. The predicted molar refractivity (Wildman–Crippen MR) is 65.7 cm³/mol. The summed E-state index contributed by atoms with van der Waals surface area (Å²) in [6.07, 6.45) is -4.95. The van der Waals surface area contributed by atoms with Gasteiger partial charge in [-0.15, -0.1) is 0 Å². The fourth-order valence-corrected chi connectivity index (χ4v) is 1.64. The molecular weight excluding hydrogens is 259 g/mol. The van der Waals surface area contributed by atoms with Gasteiger partial charge in [0.25, 0.3) is 0 Å². The summed E-state index contributed by atoms with van der Waals surface area (Å²) in [6, 6.07) is 4.83. The highest BCUT2D eigenvalue weighted by Gasteiger charge is 2.30. The molecule has 1 rings (SSSR count). The lowest BCUT2D eigenvalue weighted by atomic mass is 10.1. The summed E-state index contributed by atoms with van der Waals surface area (Å²) in [5.41, 5.74) is 0.0699. The average molecular weight is 277 g/mol. The second-order valence-electron chi connectivity index (χ2n) is 4.36. The largest absolute Gasteiger partial charge is 0.416 e. The first-order valence-corrected chi connectivity index (χ1v) is 5.92. The van der Waals surface area contributed by atoms with Crippen LogP contribution in [0.25, 0.3) is 0 Å². The van der Waals surface area contributed by atoms with Gasteiger partial charge in [0.2, 0.25) is 0 Å². The van der Waals surface area contributed by atoms with Crippen molar-refractivity contribution in [1.29, 1.82) is 0 Å². The van der Waals surface area contributed by atoms with E-state index in [1.165, 1.54) is 19.2 Å². The van der Waals surface area contributed by atoms with Gasteiger partial charge >= 0.3 is 6.18 Å². The Bertz CT molecular complexity index is 378. The fourth-order valence-electron chi connectivity index (χ4n) is 1.64. The number of alkyl halides is 3. The van der Waals surface area contributed by atoms with E-state index in [2.05, 4.69) is 5.32 Å². The fraction of sp³-hybridized carbons (Fsp3) is 0.538. The second kappa shape index (κ2) is 6.88. The Morgan fingerprint density at radius 3 is 2.32 bits per heavy atom. The summed E-state index contributed by atoms with van der Waals surface area (Å²) in [7, 11) is 1.49. The van der Waals surface area contributed by atoms with E-state index >= 15 is 0 Å². The smallest absolute Gasteiger partial charge is 0.389 e. The molecule has 0 radical (unpaired) electrons. The van der Waals surface area contributed by atoms with E-state index in [1.54, 1.807) is 0 Å². The number of methoxy groups -OCH3 is 1. The molecule has 0 bridgehead atoms. The highest BCUT2D eigenvalue weighted by molar-refractivity contribution is 5.26. The van der Waals surface area contributed by atoms with Gasteiger partial charge in [-0.05, 0) is 24.6 Å². The van der Waals surface area contributed by atoms with Crippen molar-refractivity contribution in [1.82, 2.24) is 5.32 Å². The summed E-state index contributed by atoms with van der Waals surface area (Å²) in [4.78, 5) is 0. The quantitative estimate of drug-likeness (QED) is 0.838. The Balaban J connectivity index is 2.56. The first-order chi connectivity index (χ1) is 8.84. The van der Waals surface area contributed by atoms with E-state index in [-0.39, 0.29) is 12.6 Å². The van der Waals surface area contributed by atoms with Crippen LogP contribution in [-0.2, 0) is 10.9 Å². The predicted octanol–water partition coefficient (Wildman–Crippen LogP) is 2.36. The number of benzene rings is 1. The minimum absolute atomic E-state index is 0.145. The molecule has 0 heterocycles. The lowest BCUT2D eigenvalue weighted by Crippen LogP contribution is -2.31. The van der Waals surface area contributed by atoms with Crippen LogP contribution in [0.2, 0.25) is 0 Å². The second-order valence-corrected chi connectivity index (χ2v) is 4.36. The lowest BCUT2D eigenvalue weighted by Gasteiger charge is -2.17. The van der Waals surface area contributed by atoms with Gasteiger partial charge in [-0.25, -0.2) is 0 Å². The van der Waals surface area contributed by atoms with Crippen molar-refractivity contribution in [2.24, 2.45) is 0 Å². The summed E-state index contributed by atoms with van der Waals surface area (Å²) in [6.45, 7) is 2.35. The van der Waals surface area contributed by atoms with Crippen LogP contribution in [0.1, 0.15) is 24.1 Å². The molecule has 2 unspecified atom stereocenters. The molecule has 0 aliphatic carbocycles. The van der Waals surface area contributed by atoms with Crippen LogP contribution < -0.4 is 5.32 Å². The van der Waals surface area contributed by atoms with Gasteiger partial charge in [0.05, 0.1) is 18.3 Å². The third-order valence-corrected chi connectivity index (χ3v) is 2.76. The van der Waals surface area contributed by atoms with E-state index in [1.807, 2.05) is 6.92 Å². The topological polar surface area (TPSA) is 41.5 Å². The molecule has 1 aromatic rings. The Labute approximate surface area is 110 Å². The molecule has 2 atom stereocenters. The summed E-state index contributed by atoms with van der Waals surface area (Å²) in [5, 5.41) is 12.5. The van der Waals surface area contributed by atoms with Crippen molar-refractivity contribution < 1.29 is 23.0 Å². The van der Waals surface area contributed by atoms with E-state index in [9.17, 15) is 18.3 Å². The normalized spacial score (nSPS) is 15.3. The van der Waals surface area contributed by atoms with Gasteiger partial charge < -0.3 is 15.2 Å². The number of aliphatic hydroxyl groups excluding tert-OH is 1. The number of aliphatic hydroxyl groups is 1. The van der Waals surface area contributed by atoms with Crippen LogP contribution in [0.4, 0.5) is 13.2 Å². The van der Waals surface area contributed by atoms with Crippen LogP contribution >= 0.6 is 0 Å². The highest BCUT2D eigenvalue weighted by Crippen LogP contribution is 2.29. The van der Waals surface area contributed by atoms with Crippen molar-refractivity contribution in [2.75, 3.05) is 20.3 Å². The number of hydrogen-bond donors (Lipinski definition) is 2. The summed E-state index contributed by atoms with van der Waals surface area (Å²) in [5.74, 6) is 0. The molecule has 0 aromatic heterocycles. The molecular formula is C13H18F3NO2. The number of hydrogen-bond acceptors (Lipinski definition) is 3. The van der Waals surface area contributed by atoms with Crippen LogP contribution in [0.3, 0.4) is 0 Å². The highest BCUT2D eigenvalue weighted by atomic mass is 19.4. The molecule has 0 spiro atoms. The van der Waals surface area contributed by atoms with E-state index < -0.39 is 17.8 Å². The number of ether oxygens (including phenoxy) is 1. The number of halogens is 3. The molecule has 0 aliphatic heterocycles. The molecule has 19 heavy (non-hydrogen) atoms. The zero-order valence-corrected chi connectivity index (χ0v) is 10.9. The standard InChI is InChI=1S/C13H18F3NO2/c1-9(17-7-12(18)8-19-2)10-3-5-11(6-4-10)13(14,15)16/h3-6,9,12,17-18H,7-8H2,1-2H3. The SMILES string of the molecule is COCC(O)CNC(C)c1ccc(C(F)(F)F)cc1. The first kappa shape index (κ1) is 15.9. The Hall–Kier alpha value is -1.11. The van der Waals surface area contributed by atoms with Gasteiger partial charge in [-0.3, -0.25) is 0 Å². The minimum atomic E-state index is -4.32. The number of nitrogens with one attached hydrogen (secondary N) is 1.